The van der Waals surface area contributed by atoms with Crippen molar-refractivity contribution in [3.8, 4) is 0 Å². The lowest BCUT2D eigenvalue weighted by Crippen LogP contribution is -2.51. The number of para-hydroxylation sites is 1. The van der Waals surface area contributed by atoms with Crippen LogP contribution < -0.4 is 10.2 Å². The Morgan fingerprint density at radius 2 is 2.19 bits per heavy atom. The molecule has 116 valence electrons. The van der Waals surface area contributed by atoms with Crippen molar-refractivity contribution < 1.29 is 9.53 Å². The molecule has 0 amide bonds. The number of carbonyl (C=O) groups is 1. The maximum Gasteiger partial charge on any atom is 0.326 e. The number of nitrogens with one attached hydrogen (secondary N) is 1. The third-order valence-corrected chi connectivity index (χ3v) is 4.48. The number of esters is 1. The van der Waals surface area contributed by atoms with Crippen molar-refractivity contribution in [2.45, 2.75) is 45.2 Å². The first kappa shape index (κ1) is 15.8. The molecular weight excluding hydrogens is 264 g/mol. The first-order chi connectivity index (χ1) is 10.0. The van der Waals surface area contributed by atoms with Crippen molar-refractivity contribution in [1.29, 1.82) is 0 Å². The third-order valence-electron chi connectivity index (χ3n) is 4.48. The molecule has 4 heteroatoms. The van der Waals surface area contributed by atoms with Crippen LogP contribution in [0.4, 0.5) is 5.69 Å². The second kappa shape index (κ2) is 6.48. The van der Waals surface area contributed by atoms with Gasteiger partial charge in [0.05, 0.1) is 6.61 Å². The van der Waals surface area contributed by atoms with Crippen molar-refractivity contribution in [3.63, 3.8) is 0 Å². The SMILES string of the molecule is CCOC(=O)C(C)(CCN1c2ccccc2CC1C)NC. The molecule has 0 aliphatic carbocycles. The fourth-order valence-electron chi connectivity index (χ4n) is 2.93. The highest BCUT2D eigenvalue weighted by Crippen LogP contribution is 2.32. The molecule has 0 saturated carbocycles. The van der Waals surface area contributed by atoms with E-state index in [1.165, 1.54) is 11.3 Å². The molecule has 0 spiro atoms. The van der Waals surface area contributed by atoms with E-state index in [2.05, 4.69) is 41.4 Å². The van der Waals surface area contributed by atoms with Crippen molar-refractivity contribution in [1.82, 2.24) is 5.32 Å². The molecule has 0 radical (unpaired) electrons. The molecule has 1 heterocycles. The predicted molar refractivity (Wildman–Crippen MR) is 85.7 cm³/mol. The molecule has 2 atom stereocenters. The van der Waals surface area contributed by atoms with Gasteiger partial charge in [0.2, 0.25) is 0 Å². The highest BCUT2D eigenvalue weighted by atomic mass is 16.5. The lowest BCUT2D eigenvalue weighted by atomic mass is 9.97. The Balaban J connectivity index is 2.06. The fourth-order valence-corrected chi connectivity index (χ4v) is 2.93. The zero-order valence-corrected chi connectivity index (χ0v) is 13.5. The van der Waals surface area contributed by atoms with E-state index in [1.807, 2.05) is 20.9 Å². The quantitative estimate of drug-likeness (QED) is 0.817. The topological polar surface area (TPSA) is 41.6 Å². The maximum atomic E-state index is 12.1. The normalized spacial score (nSPS) is 20.0. The van der Waals surface area contributed by atoms with Gasteiger partial charge in [-0.25, -0.2) is 0 Å². The van der Waals surface area contributed by atoms with Gasteiger partial charge in [0.15, 0.2) is 0 Å². The van der Waals surface area contributed by atoms with Crippen LogP contribution in [0.3, 0.4) is 0 Å². The van der Waals surface area contributed by atoms with Crippen LogP contribution in [0, 0.1) is 0 Å². The summed E-state index contributed by atoms with van der Waals surface area (Å²) >= 11 is 0. The number of carbonyl (C=O) groups excluding carboxylic acids is 1. The van der Waals surface area contributed by atoms with E-state index in [4.69, 9.17) is 4.74 Å². The first-order valence-electron chi connectivity index (χ1n) is 7.72. The average Bonchev–Trinajstić information content (AvgIpc) is 2.80. The lowest BCUT2D eigenvalue weighted by molar-refractivity contribution is -0.150. The fraction of sp³-hybridized carbons (Fsp3) is 0.588. The number of benzene rings is 1. The first-order valence-corrected chi connectivity index (χ1v) is 7.72. The predicted octanol–water partition coefficient (Wildman–Crippen LogP) is 2.37. The average molecular weight is 290 g/mol. The van der Waals surface area contributed by atoms with Gasteiger partial charge < -0.3 is 15.0 Å². The lowest BCUT2D eigenvalue weighted by Gasteiger charge is -2.31. The standard InChI is InChI=1S/C17H26N2O2/c1-5-21-16(20)17(3,18-4)10-11-19-13(2)12-14-8-6-7-9-15(14)19/h6-9,13,18H,5,10-12H2,1-4H3. The van der Waals surface area contributed by atoms with Gasteiger partial charge in [0.25, 0.3) is 0 Å². The van der Waals surface area contributed by atoms with E-state index in [-0.39, 0.29) is 5.97 Å². The smallest absolute Gasteiger partial charge is 0.326 e. The number of fused-ring (bicyclic) bond motifs is 1. The Morgan fingerprint density at radius 1 is 1.48 bits per heavy atom. The zero-order chi connectivity index (χ0) is 15.5. The Labute approximate surface area is 127 Å². The molecule has 4 nitrogen and oxygen atoms in total. The zero-order valence-electron chi connectivity index (χ0n) is 13.5. The van der Waals surface area contributed by atoms with Crippen LogP contribution in [0.1, 0.15) is 32.8 Å². The number of ether oxygens (including phenoxy) is 1. The van der Waals surface area contributed by atoms with Crippen LogP contribution in [0.2, 0.25) is 0 Å². The summed E-state index contributed by atoms with van der Waals surface area (Å²) in [6.07, 6.45) is 1.80. The molecule has 2 unspecified atom stereocenters. The van der Waals surface area contributed by atoms with E-state index in [9.17, 15) is 4.79 Å². The van der Waals surface area contributed by atoms with Crippen LogP contribution in [0.5, 0.6) is 0 Å². The van der Waals surface area contributed by atoms with Crippen LogP contribution in [0.25, 0.3) is 0 Å². The molecule has 0 bridgehead atoms. The molecule has 1 N–H and O–H groups in total. The second-order valence-electron chi connectivity index (χ2n) is 5.93. The summed E-state index contributed by atoms with van der Waals surface area (Å²) in [6.45, 7) is 7.25. The maximum absolute atomic E-state index is 12.1. The van der Waals surface area contributed by atoms with Gasteiger partial charge in [-0.2, -0.15) is 0 Å². The highest BCUT2D eigenvalue weighted by molar-refractivity contribution is 5.80. The second-order valence-corrected chi connectivity index (χ2v) is 5.93. The molecule has 0 saturated heterocycles. The summed E-state index contributed by atoms with van der Waals surface area (Å²) in [5.74, 6) is -0.173. The molecule has 21 heavy (non-hydrogen) atoms. The minimum atomic E-state index is -0.632. The van der Waals surface area contributed by atoms with E-state index in [0.29, 0.717) is 12.6 Å². The molecule has 1 aromatic carbocycles. The Morgan fingerprint density at radius 3 is 2.86 bits per heavy atom. The summed E-state index contributed by atoms with van der Waals surface area (Å²) in [4.78, 5) is 14.5. The monoisotopic (exact) mass is 290 g/mol. The number of rotatable bonds is 6. The van der Waals surface area contributed by atoms with Crippen molar-refractivity contribution >= 4 is 11.7 Å². The van der Waals surface area contributed by atoms with Gasteiger partial charge in [-0.1, -0.05) is 18.2 Å². The van der Waals surface area contributed by atoms with Gasteiger partial charge in [0.1, 0.15) is 5.54 Å². The van der Waals surface area contributed by atoms with Crippen LogP contribution in [-0.2, 0) is 16.0 Å². The van der Waals surface area contributed by atoms with Gasteiger partial charge in [-0.3, -0.25) is 4.79 Å². The minimum absolute atomic E-state index is 0.173. The molecule has 0 fully saturated rings. The van der Waals surface area contributed by atoms with Crippen molar-refractivity contribution in [2.75, 3.05) is 25.1 Å². The number of hydrogen-bond donors (Lipinski definition) is 1. The summed E-state index contributed by atoms with van der Waals surface area (Å²) in [5, 5.41) is 3.12. The van der Waals surface area contributed by atoms with Gasteiger partial charge in [-0.15, -0.1) is 0 Å². The largest absolute Gasteiger partial charge is 0.465 e. The van der Waals surface area contributed by atoms with Gasteiger partial charge in [-0.05, 0) is 52.3 Å². The van der Waals surface area contributed by atoms with Crippen LogP contribution >= 0.6 is 0 Å². The molecule has 1 aromatic rings. The number of nitrogens with zero attached hydrogens (tertiary/aromatic N) is 1. The summed E-state index contributed by atoms with van der Waals surface area (Å²) in [7, 11) is 1.82. The molecule has 2 rings (SSSR count). The van der Waals surface area contributed by atoms with Crippen LogP contribution in [0.15, 0.2) is 24.3 Å². The van der Waals surface area contributed by atoms with Gasteiger partial charge >= 0.3 is 5.97 Å². The number of hydrogen-bond acceptors (Lipinski definition) is 4. The molecule has 1 aliphatic rings. The van der Waals surface area contributed by atoms with E-state index < -0.39 is 5.54 Å². The Hall–Kier alpha value is -1.55. The Bertz CT molecular complexity index is 503. The van der Waals surface area contributed by atoms with Crippen molar-refractivity contribution in [2.24, 2.45) is 0 Å². The third kappa shape index (κ3) is 3.21. The van der Waals surface area contributed by atoms with Gasteiger partial charge in [0, 0.05) is 18.3 Å². The Kier molecular flexibility index (Phi) is 4.88. The van der Waals surface area contributed by atoms with E-state index >= 15 is 0 Å². The highest BCUT2D eigenvalue weighted by Gasteiger charge is 2.35. The van der Waals surface area contributed by atoms with Crippen molar-refractivity contribution in [3.05, 3.63) is 29.8 Å². The van der Waals surface area contributed by atoms with Crippen LogP contribution in [-0.4, -0.2) is 37.7 Å². The van der Waals surface area contributed by atoms with E-state index in [0.717, 1.165) is 19.4 Å². The summed E-state index contributed by atoms with van der Waals surface area (Å²) < 4.78 is 5.19. The van der Waals surface area contributed by atoms with E-state index in [1.54, 1.807) is 0 Å². The number of anilines is 1. The summed E-state index contributed by atoms with van der Waals surface area (Å²) in [5.41, 5.74) is 2.06. The number of likely N-dealkylation sites (N-methyl/N-ethyl adjacent to an activating group) is 1. The molecule has 1 aliphatic heterocycles. The molecular formula is C17H26N2O2. The summed E-state index contributed by atoms with van der Waals surface area (Å²) in [6, 6.07) is 9.00. The molecule has 0 aromatic heterocycles. The minimum Gasteiger partial charge on any atom is -0.465 e.